The number of hydrogen-bond donors (Lipinski definition) is 1. The fourth-order valence-electron chi connectivity index (χ4n) is 1.43. The zero-order valence-electron chi connectivity index (χ0n) is 8.88. The summed E-state index contributed by atoms with van der Waals surface area (Å²) in [5, 5.41) is 4.18. The second kappa shape index (κ2) is 5.39. The van der Waals surface area contributed by atoms with E-state index in [1.807, 2.05) is 12.1 Å². The molecule has 0 aliphatic rings. The molecule has 0 heterocycles. The van der Waals surface area contributed by atoms with E-state index in [2.05, 4.69) is 5.32 Å². The Morgan fingerprint density at radius 1 is 0.941 bits per heavy atom. The number of benzene rings is 2. The van der Waals surface area contributed by atoms with Crippen molar-refractivity contribution in [1.29, 1.82) is 0 Å². The van der Waals surface area contributed by atoms with Gasteiger partial charge in [0, 0.05) is 27.8 Å². The van der Waals surface area contributed by atoms with E-state index in [0.29, 0.717) is 22.2 Å². The largest absolute Gasteiger partial charge is 0.381 e. The molecule has 2 rings (SSSR count). The minimum absolute atomic E-state index is 0.307. The molecule has 0 bridgehead atoms. The van der Waals surface area contributed by atoms with E-state index in [9.17, 15) is 4.39 Å². The van der Waals surface area contributed by atoms with Gasteiger partial charge in [-0.05, 0) is 36.4 Å². The van der Waals surface area contributed by atoms with Crippen LogP contribution < -0.4 is 5.32 Å². The Labute approximate surface area is 109 Å². The van der Waals surface area contributed by atoms with E-state index in [1.54, 1.807) is 24.3 Å². The van der Waals surface area contributed by atoms with Gasteiger partial charge in [-0.15, -0.1) is 0 Å². The summed E-state index contributed by atoms with van der Waals surface area (Å²) in [6.07, 6.45) is 0. The Morgan fingerprint density at radius 2 is 1.59 bits per heavy atom. The number of nitrogens with one attached hydrogen (secondary N) is 1. The van der Waals surface area contributed by atoms with Crippen LogP contribution in [0.5, 0.6) is 0 Å². The number of hydrogen-bond acceptors (Lipinski definition) is 1. The molecule has 0 amide bonds. The molecule has 2 aromatic carbocycles. The van der Waals surface area contributed by atoms with Crippen LogP contribution in [0.2, 0.25) is 10.0 Å². The zero-order valence-corrected chi connectivity index (χ0v) is 10.4. The Bertz CT molecular complexity index is 511. The summed E-state index contributed by atoms with van der Waals surface area (Å²) in [6.45, 7) is 0.407. The van der Waals surface area contributed by atoms with Crippen molar-refractivity contribution in [3.63, 3.8) is 0 Å². The lowest BCUT2D eigenvalue weighted by Crippen LogP contribution is -2.01. The summed E-state index contributed by atoms with van der Waals surface area (Å²) >= 11 is 11.4. The van der Waals surface area contributed by atoms with Gasteiger partial charge in [0.1, 0.15) is 5.82 Å². The van der Waals surface area contributed by atoms with E-state index in [1.165, 1.54) is 6.07 Å². The predicted octanol–water partition coefficient (Wildman–Crippen LogP) is 4.74. The first-order valence-corrected chi connectivity index (χ1v) is 5.84. The van der Waals surface area contributed by atoms with Gasteiger partial charge in [0.2, 0.25) is 0 Å². The monoisotopic (exact) mass is 269 g/mol. The van der Waals surface area contributed by atoms with Crippen molar-refractivity contribution in [2.75, 3.05) is 5.32 Å². The van der Waals surface area contributed by atoms with E-state index >= 15 is 0 Å². The van der Waals surface area contributed by atoms with Crippen LogP contribution in [-0.4, -0.2) is 0 Å². The molecule has 1 nitrogen and oxygen atoms in total. The Balaban J connectivity index is 2.04. The molecule has 17 heavy (non-hydrogen) atoms. The lowest BCUT2D eigenvalue weighted by molar-refractivity contribution is 0.613. The predicted molar refractivity (Wildman–Crippen MR) is 70.2 cm³/mol. The molecular weight excluding hydrogens is 260 g/mol. The molecule has 2 aromatic rings. The third kappa shape index (κ3) is 3.35. The van der Waals surface area contributed by atoms with Crippen LogP contribution in [0.3, 0.4) is 0 Å². The van der Waals surface area contributed by atoms with Crippen LogP contribution in [-0.2, 0) is 6.54 Å². The molecule has 0 aromatic heterocycles. The molecule has 88 valence electrons. The van der Waals surface area contributed by atoms with Crippen LogP contribution in [0.25, 0.3) is 0 Å². The van der Waals surface area contributed by atoms with E-state index in [-0.39, 0.29) is 5.82 Å². The van der Waals surface area contributed by atoms with E-state index in [0.717, 1.165) is 5.69 Å². The second-order valence-corrected chi connectivity index (χ2v) is 4.47. The molecular formula is C13H10Cl2FN. The molecule has 4 heteroatoms. The van der Waals surface area contributed by atoms with Gasteiger partial charge in [-0.2, -0.15) is 0 Å². The maximum absolute atomic E-state index is 13.5. The maximum atomic E-state index is 13.5. The standard InChI is InChI=1S/C13H10Cl2FN/c14-10-3-5-12(6-4-10)17-8-9-1-2-11(15)7-13(9)16/h1-7,17H,8H2. The Kier molecular flexibility index (Phi) is 3.87. The SMILES string of the molecule is Fc1cc(Cl)ccc1CNc1ccc(Cl)cc1. The molecule has 0 saturated carbocycles. The summed E-state index contributed by atoms with van der Waals surface area (Å²) in [6, 6.07) is 11.9. The molecule has 0 fully saturated rings. The summed E-state index contributed by atoms with van der Waals surface area (Å²) < 4.78 is 13.5. The normalized spacial score (nSPS) is 10.3. The summed E-state index contributed by atoms with van der Waals surface area (Å²) in [5.41, 5.74) is 1.47. The first-order valence-electron chi connectivity index (χ1n) is 5.08. The van der Waals surface area contributed by atoms with Gasteiger partial charge in [0.05, 0.1) is 0 Å². The summed E-state index contributed by atoms with van der Waals surface area (Å²) in [4.78, 5) is 0. The van der Waals surface area contributed by atoms with Crippen molar-refractivity contribution in [2.45, 2.75) is 6.54 Å². The van der Waals surface area contributed by atoms with Gasteiger partial charge in [0.25, 0.3) is 0 Å². The van der Waals surface area contributed by atoms with Crippen molar-refractivity contribution in [3.05, 3.63) is 63.9 Å². The van der Waals surface area contributed by atoms with Crippen LogP contribution >= 0.6 is 23.2 Å². The minimum atomic E-state index is -0.307. The number of rotatable bonds is 3. The maximum Gasteiger partial charge on any atom is 0.129 e. The molecule has 0 saturated heterocycles. The molecule has 1 N–H and O–H groups in total. The highest BCUT2D eigenvalue weighted by atomic mass is 35.5. The topological polar surface area (TPSA) is 12.0 Å². The summed E-state index contributed by atoms with van der Waals surface area (Å²) in [7, 11) is 0. The molecule has 0 spiro atoms. The number of anilines is 1. The van der Waals surface area contributed by atoms with E-state index < -0.39 is 0 Å². The zero-order chi connectivity index (χ0) is 12.3. The van der Waals surface area contributed by atoms with Crippen LogP contribution in [0.15, 0.2) is 42.5 Å². The van der Waals surface area contributed by atoms with Gasteiger partial charge >= 0.3 is 0 Å². The number of halogens is 3. The molecule has 0 aliphatic heterocycles. The second-order valence-electron chi connectivity index (χ2n) is 3.60. The van der Waals surface area contributed by atoms with Crippen LogP contribution in [0.4, 0.5) is 10.1 Å². The highest BCUT2D eigenvalue weighted by molar-refractivity contribution is 6.30. The smallest absolute Gasteiger partial charge is 0.129 e. The van der Waals surface area contributed by atoms with Crippen LogP contribution in [0.1, 0.15) is 5.56 Å². The summed E-state index contributed by atoms with van der Waals surface area (Å²) in [5.74, 6) is -0.307. The molecule has 0 aliphatic carbocycles. The fourth-order valence-corrected chi connectivity index (χ4v) is 1.71. The van der Waals surface area contributed by atoms with Crippen molar-refractivity contribution in [2.24, 2.45) is 0 Å². The lowest BCUT2D eigenvalue weighted by atomic mass is 10.2. The quantitative estimate of drug-likeness (QED) is 0.849. The lowest BCUT2D eigenvalue weighted by Gasteiger charge is -2.07. The first-order chi connectivity index (χ1) is 8.15. The van der Waals surface area contributed by atoms with Gasteiger partial charge in [-0.1, -0.05) is 29.3 Å². The van der Waals surface area contributed by atoms with Gasteiger partial charge in [-0.3, -0.25) is 0 Å². The fraction of sp³-hybridized carbons (Fsp3) is 0.0769. The average molecular weight is 270 g/mol. The molecule has 0 unspecified atom stereocenters. The highest BCUT2D eigenvalue weighted by Gasteiger charge is 2.02. The third-order valence-corrected chi connectivity index (χ3v) is 2.83. The Hall–Kier alpha value is -1.25. The minimum Gasteiger partial charge on any atom is -0.381 e. The molecule has 0 radical (unpaired) electrons. The first kappa shape index (κ1) is 12.2. The highest BCUT2D eigenvalue weighted by Crippen LogP contribution is 2.17. The van der Waals surface area contributed by atoms with Crippen LogP contribution in [0, 0.1) is 5.82 Å². The third-order valence-electron chi connectivity index (χ3n) is 2.34. The van der Waals surface area contributed by atoms with E-state index in [4.69, 9.17) is 23.2 Å². The van der Waals surface area contributed by atoms with Gasteiger partial charge < -0.3 is 5.32 Å². The van der Waals surface area contributed by atoms with Crippen molar-refractivity contribution >= 4 is 28.9 Å². The average Bonchev–Trinajstić information content (AvgIpc) is 2.30. The van der Waals surface area contributed by atoms with Crippen molar-refractivity contribution < 1.29 is 4.39 Å². The van der Waals surface area contributed by atoms with Gasteiger partial charge in [-0.25, -0.2) is 4.39 Å². The van der Waals surface area contributed by atoms with Crippen molar-refractivity contribution in [3.8, 4) is 0 Å². The van der Waals surface area contributed by atoms with Crippen molar-refractivity contribution in [1.82, 2.24) is 0 Å². The van der Waals surface area contributed by atoms with Gasteiger partial charge in [0.15, 0.2) is 0 Å². The Morgan fingerprint density at radius 3 is 2.24 bits per heavy atom. The molecule has 0 atom stereocenters.